The van der Waals surface area contributed by atoms with Crippen molar-refractivity contribution >= 4 is 21.5 Å². The van der Waals surface area contributed by atoms with Gasteiger partial charge in [0.25, 0.3) is 0 Å². The molecule has 94 valence electrons. The summed E-state index contributed by atoms with van der Waals surface area (Å²) in [7, 11) is 4.76. The fourth-order valence-electron chi connectivity index (χ4n) is 1.44. The topological polar surface area (TPSA) is 61.2 Å². The smallest absolute Gasteiger partial charge is 1.00 e. The number of hydrogen-bond donors (Lipinski definition) is 0. The summed E-state index contributed by atoms with van der Waals surface area (Å²) >= 11 is 0.847. The minimum Gasteiger partial charge on any atom is 1.00 e. The van der Waals surface area contributed by atoms with Crippen molar-refractivity contribution in [3.05, 3.63) is 48.5 Å². The van der Waals surface area contributed by atoms with E-state index in [-0.39, 0.29) is 28.9 Å². The maximum atomic E-state index is 11.5. The number of carbonyl (C=O) groups excluding carboxylic acids is 2. The van der Waals surface area contributed by atoms with Crippen LogP contribution in [-0.4, -0.2) is 16.7 Å². The van der Waals surface area contributed by atoms with E-state index in [0.29, 0.717) is 11.1 Å². The van der Waals surface area contributed by atoms with Crippen LogP contribution in [0, 0.1) is 18.4 Å². The van der Waals surface area contributed by atoms with Gasteiger partial charge in [-0.1, -0.05) is 12.1 Å². The molecule has 0 spiro atoms. The molecular weight excluding hydrogens is 357 g/mol. The summed E-state index contributed by atoms with van der Waals surface area (Å²) < 4.78 is 0. The molecule has 0 aliphatic carbocycles. The molecule has 1 aliphatic heterocycles. The predicted octanol–water partition coefficient (Wildman–Crippen LogP) is 2.25. The molecule has 0 fully saturated rings. The summed E-state index contributed by atoms with van der Waals surface area (Å²) in [6.45, 7) is 7.91. The van der Waals surface area contributed by atoms with Crippen LogP contribution in [0.2, 0.25) is 0 Å². The maximum Gasteiger partial charge on any atom is 1.00 e. The monoisotopic (exact) mass is 362 g/mol. The Morgan fingerprint density at radius 3 is 1.78 bits per heavy atom. The molecule has 1 aliphatic rings. The number of halogens is 1. The van der Waals surface area contributed by atoms with E-state index >= 15 is 0 Å². The first kappa shape index (κ1) is 19.6. The number of amides is 2. The van der Waals surface area contributed by atoms with Crippen LogP contribution < -0.4 is 0 Å². The van der Waals surface area contributed by atoms with Gasteiger partial charge < -0.3 is 16.7 Å². The second-order valence-corrected chi connectivity index (χ2v) is 2.78. The van der Waals surface area contributed by atoms with E-state index in [0.717, 1.165) is 22.2 Å². The average molecular weight is 365 g/mol. The minimum absolute atomic E-state index is 0. The summed E-state index contributed by atoms with van der Waals surface area (Å²) in [5, 5.41) is 6.25. The Kier molecular flexibility index (Phi) is 11.1. The number of carbonyl (C=O) groups is 2. The van der Waals surface area contributed by atoms with Crippen LogP contribution >= 0.6 is 9.69 Å². The van der Waals surface area contributed by atoms with Gasteiger partial charge in [0, 0.05) is 11.1 Å². The average Bonchev–Trinajstić information content (AvgIpc) is 2.67. The van der Waals surface area contributed by atoms with E-state index in [1.807, 2.05) is 0 Å². The summed E-state index contributed by atoms with van der Waals surface area (Å²) in [4.78, 5) is 24.2. The van der Waals surface area contributed by atoms with Gasteiger partial charge in [0.2, 0.25) is 11.8 Å². The standard InChI is InChI=1S/C10H8NO2.CN.ClH.Cu.Zn/c1-2-11-9(12)7-5-3-4-6-8(7)10(11)13;1-2;;;/h2-6H,1H3;;1H;;/q2*-1;;+1;+2/p-1. The second-order valence-electron chi connectivity index (χ2n) is 2.78. The third-order valence-electron chi connectivity index (χ3n) is 2.08. The molecule has 4 nitrogen and oxygen atoms in total. The molecule has 2 rings (SSSR count). The Hall–Kier alpha value is -0.717. The van der Waals surface area contributed by atoms with Crippen molar-refractivity contribution in [2.24, 2.45) is 0 Å². The van der Waals surface area contributed by atoms with Gasteiger partial charge in [0.05, 0.1) is 0 Å². The molecule has 7 heteroatoms. The molecule has 0 aromatic heterocycles. The molecule has 0 atom stereocenters. The van der Waals surface area contributed by atoms with Crippen LogP contribution in [0.4, 0.5) is 0 Å². The summed E-state index contributed by atoms with van der Waals surface area (Å²) in [5.74, 6) is -0.466. The van der Waals surface area contributed by atoms with Crippen molar-refractivity contribution in [3.63, 3.8) is 0 Å². The molecule has 0 saturated heterocycles. The van der Waals surface area contributed by atoms with Crippen LogP contribution in [0.3, 0.4) is 0 Å². The molecule has 1 aromatic rings. The van der Waals surface area contributed by atoms with E-state index < -0.39 is 0 Å². The fourth-order valence-corrected chi connectivity index (χ4v) is 1.44. The van der Waals surface area contributed by atoms with Gasteiger partial charge in [-0.3, -0.25) is 9.59 Å². The van der Waals surface area contributed by atoms with Gasteiger partial charge in [0.15, 0.2) is 0 Å². The molecule has 0 bridgehead atoms. The first-order valence-electron chi connectivity index (χ1n) is 4.51. The van der Waals surface area contributed by atoms with Gasteiger partial charge in [0.1, 0.15) is 0 Å². The zero-order valence-electron chi connectivity index (χ0n) is 9.48. The molecule has 0 N–H and O–H groups in total. The molecule has 0 saturated carbocycles. The third-order valence-corrected chi connectivity index (χ3v) is 2.08. The van der Waals surface area contributed by atoms with Crippen molar-refractivity contribution in [3.8, 4) is 0 Å². The largest absolute Gasteiger partial charge is 1.00 e. The Morgan fingerprint density at radius 2 is 1.50 bits per heavy atom. The minimum atomic E-state index is -0.233. The first-order chi connectivity index (χ1) is 8.25. The molecule has 1 aromatic carbocycles. The molecule has 2 amide bonds. The third kappa shape index (κ3) is 3.90. The molecule has 18 heavy (non-hydrogen) atoms. The van der Waals surface area contributed by atoms with Crippen molar-refractivity contribution in [2.75, 3.05) is 0 Å². The summed E-state index contributed by atoms with van der Waals surface area (Å²) in [5.41, 5.74) is 0.983. The van der Waals surface area contributed by atoms with Gasteiger partial charge in [-0.15, -0.1) is 0 Å². The van der Waals surface area contributed by atoms with E-state index in [2.05, 4.69) is 0 Å². The van der Waals surface area contributed by atoms with Crippen molar-refractivity contribution < 1.29 is 44.0 Å². The van der Waals surface area contributed by atoms with Crippen molar-refractivity contribution in [1.29, 1.82) is 5.26 Å². The molecule has 0 radical (unpaired) electrons. The quantitative estimate of drug-likeness (QED) is 0.436. The number of fused-ring (bicyclic) bond motifs is 1. The number of rotatable bonds is 1. The number of hydrogen-bond acceptors (Lipinski definition) is 3. The normalized spacial score (nSPS) is 11.3. The van der Waals surface area contributed by atoms with E-state index in [1.165, 1.54) is 6.54 Å². The number of imide groups is 1. The number of nitrogens with zero attached hydrogens (tertiary/aromatic N) is 2. The number of benzene rings is 1. The van der Waals surface area contributed by atoms with Crippen molar-refractivity contribution in [1.82, 2.24) is 4.90 Å². The zero-order valence-corrected chi connectivity index (χ0v) is 14.1. The van der Waals surface area contributed by atoms with Crippen LogP contribution in [-0.2, 0) is 34.4 Å². The molecule has 0 unspecified atom stereocenters. The van der Waals surface area contributed by atoms with Crippen LogP contribution in [0.5, 0.6) is 0 Å². The van der Waals surface area contributed by atoms with Gasteiger partial charge in [-0.2, -0.15) is 6.92 Å². The molecule has 1 heterocycles. The first-order valence-corrected chi connectivity index (χ1v) is 8.41. The fraction of sp³-hybridized carbons (Fsp3) is 0.0909. The Morgan fingerprint density at radius 1 is 1.17 bits per heavy atom. The second kappa shape index (κ2) is 10.2. The summed E-state index contributed by atoms with van der Waals surface area (Å²) in [6.07, 6.45) is 0. The summed E-state index contributed by atoms with van der Waals surface area (Å²) in [6, 6.07) is 6.84. The predicted molar refractivity (Wildman–Crippen MR) is 57.7 cm³/mol. The Labute approximate surface area is 130 Å². The van der Waals surface area contributed by atoms with Crippen LogP contribution in [0.15, 0.2) is 24.3 Å². The van der Waals surface area contributed by atoms with E-state index in [1.54, 1.807) is 31.2 Å². The van der Waals surface area contributed by atoms with Gasteiger partial charge in [-0.05, 0) is 12.1 Å². The van der Waals surface area contributed by atoms with Gasteiger partial charge >= 0.3 is 44.1 Å². The Balaban J connectivity index is 0. The Bertz CT molecular complexity index is 405. The molecular formula is C11H8ClCuN2O2Zn. The maximum absolute atomic E-state index is 11.5. The van der Waals surface area contributed by atoms with Crippen LogP contribution in [0.25, 0.3) is 0 Å². The van der Waals surface area contributed by atoms with Crippen LogP contribution in [0.1, 0.15) is 27.6 Å². The SMILES string of the molecule is C[CH-]N1C(=O)c2ccccc2C1=O.[C-]#N.[Cl][Zn+].[Cu+]. The van der Waals surface area contributed by atoms with Gasteiger partial charge in [-0.25, -0.2) is 6.54 Å². The van der Waals surface area contributed by atoms with E-state index in [4.69, 9.17) is 21.5 Å². The van der Waals surface area contributed by atoms with E-state index in [9.17, 15) is 9.59 Å². The zero-order chi connectivity index (χ0) is 13.4. The van der Waals surface area contributed by atoms with Crippen molar-refractivity contribution in [2.45, 2.75) is 6.92 Å².